The molecule has 0 amide bonds. The van der Waals surface area contributed by atoms with Gasteiger partial charge in [0.2, 0.25) is 0 Å². The minimum Gasteiger partial charge on any atom is -0.462 e. The molecule has 2 aromatic rings. The number of hydrogen-bond acceptors (Lipinski definition) is 10. The van der Waals surface area contributed by atoms with Crippen molar-refractivity contribution in [2.24, 2.45) is 0 Å². The van der Waals surface area contributed by atoms with Crippen LogP contribution in [0, 0.1) is 3.57 Å². The third-order valence-electron chi connectivity index (χ3n) is 5.37. The van der Waals surface area contributed by atoms with E-state index in [4.69, 9.17) is 18.5 Å². The number of aliphatic hydroxyl groups is 2. The fourth-order valence-electron chi connectivity index (χ4n) is 3.52. The molecule has 204 valence electrons. The zero-order valence-corrected chi connectivity index (χ0v) is 23.5. The van der Waals surface area contributed by atoms with Gasteiger partial charge >= 0.3 is 19.4 Å². The van der Waals surface area contributed by atoms with Crippen LogP contribution in [0.2, 0.25) is 0 Å². The van der Waals surface area contributed by atoms with E-state index < -0.39 is 67.8 Å². The first-order chi connectivity index (χ1) is 17.2. The second-order valence-electron chi connectivity index (χ2n) is 8.88. The molecule has 15 heteroatoms. The van der Waals surface area contributed by atoms with Gasteiger partial charge < -0.3 is 24.2 Å². The van der Waals surface area contributed by atoms with Crippen molar-refractivity contribution in [3.8, 4) is 5.75 Å². The van der Waals surface area contributed by atoms with Gasteiger partial charge in [-0.1, -0.05) is 18.2 Å². The Morgan fingerprint density at radius 2 is 1.95 bits per heavy atom. The van der Waals surface area contributed by atoms with E-state index in [0.29, 0.717) is 0 Å². The summed E-state index contributed by atoms with van der Waals surface area (Å²) in [5.41, 5.74) is -3.47. The average molecular weight is 653 g/mol. The summed E-state index contributed by atoms with van der Waals surface area (Å²) >= 11 is 1.71. The first kappa shape index (κ1) is 29.5. The molecule has 13 nitrogen and oxygen atoms in total. The van der Waals surface area contributed by atoms with Gasteiger partial charge in [-0.15, -0.1) is 0 Å². The van der Waals surface area contributed by atoms with Crippen LogP contribution in [-0.2, 0) is 23.4 Å². The molecule has 0 bridgehead atoms. The number of halogens is 1. The maximum atomic E-state index is 13.6. The molecular weight excluding hydrogens is 624 g/mol. The number of benzene rings is 1. The molecule has 0 radical (unpaired) electrons. The molecule has 0 aliphatic carbocycles. The molecular formula is C22H29IN3O10P. The third-order valence-corrected chi connectivity index (χ3v) is 7.78. The predicted molar refractivity (Wildman–Crippen MR) is 139 cm³/mol. The van der Waals surface area contributed by atoms with E-state index in [2.05, 4.69) is 10.1 Å². The number of nitrogens with zero attached hydrogens (tertiary/aromatic N) is 1. The molecule has 4 N–H and O–H groups in total. The molecule has 2 heterocycles. The summed E-state index contributed by atoms with van der Waals surface area (Å²) in [7, 11) is -4.27. The van der Waals surface area contributed by atoms with E-state index in [9.17, 15) is 29.2 Å². The number of ether oxygens (including phenoxy) is 2. The van der Waals surface area contributed by atoms with Crippen LogP contribution in [0.25, 0.3) is 0 Å². The normalized spacial score (nSPS) is 26.0. The number of aliphatic hydroxyl groups excluding tert-OH is 1. The van der Waals surface area contributed by atoms with Gasteiger partial charge in [0.05, 0.1) is 16.3 Å². The lowest BCUT2D eigenvalue weighted by atomic mass is 9.96. The van der Waals surface area contributed by atoms with Crippen molar-refractivity contribution in [3.05, 3.63) is 60.9 Å². The summed E-state index contributed by atoms with van der Waals surface area (Å²) in [6.07, 6.45) is -3.50. The Bertz CT molecular complexity index is 1270. The van der Waals surface area contributed by atoms with E-state index in [1.54, 1.807) is 54.6 Å². The molecule has 0 unspecified atom stereocenters. The number of hydrogen-bond donors (Lipinski definition) is 4. The van der Waals surface area contributed by atoms with E-state index in [1.807, 2.05) is 0 Å². The summed E-state index contributed by atoms with van der Waals surface area (Å²) < 4.78 is 36.7. The maximum absolute atomic E-state index is 13.6. The van der Waals surface area contributed by atoms with Crippen LogP contribution in [0.4, 0.5) is 0 Å². The van der Waals surface area contributed by atoms with E-state index in [0.717, 1.165) is 4.57 Å². The molecule has 1 aliphatic rings. The SMILES string of the molecule is CC(C)OC(=O)[C@@H](C)N[P@](=O)(OC[C@H]1O[C@@H](n2cc(I)c(=O)[nH]c2=O)[C@](C)(O)[C@@H]1O)Oc1ccccc1. The molecule has 1 aliphatic heterocycles. The zero-order chi connectivity index (χ0) is 27.5. The fraction of sp³-hybridized carbons (Fsp3) is 0.500. The molecule has 1 aromatic carbocycles. The molecule has 1 fully saturated rings. The standard InChI is InChI=1S/C22H29IN3O10P/c1-12(2)34-19(29)13(3)25-37(32,36-14-8-6-5-7-9-14)33-11-16-17(27)22(4,31)20(35-16)26-10-15(23)18(28)24-21(26)30/h5-10,12-13,16-17,20,27,31H,11H2,1-4H3,(H,25,32)(H,24,28,30)/t13-,16-,17-,20-,22-,37+/m1/s1. The molecule has 37 heavy (non-hydrogen) atoms. The Labute approximate surface area is 225 Å². The largest absolute Gasteiger partial charge is 0.462 e. The van der Waals surface area contributed by atoms with Crippen LogP contribution in [0.3, 0.4) is 0 Å². The lowest BCUT2D eigenvalue weighted by Crippen LogP contribution is -2.47. The average Bonchev–Trinajstić information content (AvgIpc) is 3.03. The topological polar surface area (TPSA) is 178 Å². The fourth-order valence-corrected chi connectivity index (χ4v) is 5.46. The lowest BCUT2D eigenvalue weighted by Gasteiger charge is -2.27. The van der Waals surface area contributed by atoms with Gasteiger partial charge in [0, 0.05) is 6.20 Å². The van der Waals surface area contributed by atoms with Crippen LogP contribution in [0.5, 0.6) is 5.75 Å². The van der Waals surface area contributed by atoms with Gasteiger partial charge in [0.1, 0.15) is 29.6 Å². The molecule has 1 saturated heterocycles. The van der Waals surface area contributed by atoms with Gasteiger partial charge in [-0.3, -0.25) is 23.7 Å². The van der Waals surface area contributed by atoms with E-state index in [1.165, 1.54) is 32.2 Å². The highest BCUT2D eigenvalue weighted by atomic mass is 127. The second-order valence-corrected chi connectivity index (χ2v) is 11.7. The van der Waals surface area contributed by atoms with E-state index >= 15 is 0 Å². The van der Waals surface area contributed by atoms with Crippen molar-refractivity contribution in [3.63, 3.8) is 0 Å². The number of aromatic nitrogens is 2. The number of para-hydroxylation sites is 1. The number of esters is 1. The quantitative estimate of drug-likeness (QED) is 0.165. The van der Waals surface area contributed by atoms with E-state index in [-0.39, 0.29) is 9.32 Å². The van der Waals surface area contributed by atoms with Crippen molar-refractivity contribution in [1.29, 1.82) is 0 Å². The Hall–Kier alpha value is -2.07. The van der Waals surface area contributed by atoms with Crippen molar-refractivity contribution in [1.82, 2.24) is 14.6 Å². The Kier molecular flexibility index (Phi) is 9.37. The highest BCUT2D eigenvalue weighted by Gasteiger charge is 2.54. The number of carbonyl (C=O) groups is 1. The highest BCUT2D eigenvalue weighted by molar-refractivity contribution is 14.1. The van der Waals surface area contributed by atoms with Crippen LogP contribution in [-0.4, -0.2) is 62.3 Å². The Morgan fingerprint density at radius 1 is 1.30 bits per heavy atom. The number of H-pyrrole nitrogens is 1. The molecule has 0 saturated carbocycles. The Balaban J connectivity index is 1.82. The van der Waals surface area contributed by atoms with Crippen LogP contribution < -0.4 is 20.9 Å². The number of rotatable bonds is 10. The summed E-state index contributed by atoms with van der Waals surface area (Å²) in [5.74, 6) is -0.516. The van der Waals surface area contributed by atoms with Gasteiger partial charge in [-0.25, -0.2) is 9.36 Å². The van der Waals surface area contributed by atoms with Gasteiger partial charge in [-0.05, 0) is 62.4 Å². The van der Waals surface area contributed by atoms with Crippen LogP contribution in [0.1, 0.15) is 33.9 Å². The minimum atomic E-state index is -4.27. The van der Waals surface area contributed by atoms with Crippen LogP contribution >= 0.6 is 30.3 Å². The zero-order valence-electron chi connectivity index (χ0n) is 20.5. The maximum Gasteiger partial charge on any atom is 0.459 e. The number of aromatic amines is 1. The minimum absolute atomic E-state index is 0.151. The summed E-state index contributed by atoms with van der Waals surface area (Å²) in [5, 5.41) is 24.2. The highest BCUT2D eigenvalue weighted by Crippen LogP contribution is 2.46. The van der Waals surface area contributed by atoms with Gasteiger partial charge in [0.15, 0.2) is 6.23 Å². The first-order valence-corrected chi connectivity index (χ1v) is 13.9. The Morgan fingerprint density at radius 3 is 2.57 bits per heavy atom. The first-order valence-electron chi connectivity index (χ1n) is 11.3. The van der Waals surface area contributed by atoms with Crippen molar-refractivity contribution < 1.29 is 38.1 Å². The van der Waals surface area contributed by atoms with Crippen molar-refractivity contribution in [2.45, 2.75) is 63.9 Å². The smallest absolute Gasteiger partial charge is 0.459 e. The van der Waals surface area contributed by atoms with Crippen molar-refractivity contribution in [2.75, 3.05) is 6.61 Å². The summed E-state index contributed by atoms with van der Waals surface area (Å²) in [6, 6.07) is 6.97. The molecule has 0 spiro atoms. The van der Waals surface area contributed by atoms with Crippen molar-refractivity contribution >= 4 is 36.3 Å². The lowest BCUT2D eigenvalue weighted by molar-refractivity contribution is -0.149. The second kappa shape index (κ2) is 11.8. The summed E-state index contributed by atoms with van der Waals surface area (Å²) in [4.78, 5) is 38.5. The molecule has 6 atom stereocenters. The molecule has 3 rings (SSSR count). The van der Waals surface area contributed by atoms with Gasteiger partial charge in [-0.2, -0.15) is 5.09 Å². The van der Waals surface area contributed by atoms with Gasteiger partial charge in [0.25, 0.3) is 5.56 Å². The molecule has 1 aromatic heterocycles. The monoisotopic (exact) mass is 653 g/mol. The summed E-state index contributed by atoms with van der Waals surface area (Å²) in [6.45, 7) is 5.43. The van der Waals surface area contributed by atoms with Crippen LogP contribution in [0.15, 0.2) is 46.1 Å². The number of carbonyl (C=O) groups excluding carboxylic acids is 1. The predicted octanol–water partition coefficient (Wildman–Crippen LogP) is 1.28. The number of nitrogens with one attached hydrogen (secondary N) is 2. The third kappa shape index (κ3) is 7.07.